The Kier molecular flexibility index (Phi) is 10.9. The van der Waals surface area contributed by atoms with Crippen LogP contribution in [0.2, 0.25) is 0 Å². The van der Waals surface area contributed by atoms with E-state index in [4.69, 9.17) is 7.85 Å². The van der Waals surface area contributed by atoms with Crippen LogP contribution in [0.15, 0.2) is 0 Å². The molecule has 0 saturated heterocycles. The monoisotopic (exact) mass is 253 g/mol. The van der Waals surface area contributed by atoms with Crippen molar-refractivity contribution in [2.75, 3.05) is 6.54 Å². The van der Waals surface area contributed by atoms with Gasteiger partial charge in [-0.3, -0.25) is 0 Å². The fourth-order valence-electron chi connectivity index (χ4n) is 2.36. The van der Waals surface area contributed by atoms with Gasteiger partial charge in [0.1, 0.15) is 7.85 Å². The molecule has 0 spiro atoms. The Hall–Kier alpha value is -0.0151. The summed E-state index contributed by atoms with van der Waals surface area (Å²) in [5.74, 6) is 0. The van der Waals surface area contributed by atoms with Gasteiger partial charge in [-0.05, 0) is 19.8 Å². The fourth-order valence-corrected chi connectivity index (χ4v) is 2.36. The van der Waals surface area contributed by atoms with Gasteiger partial charge in [0.15, 0.2) is 0 Å². The Balaban J connectivity index is 4.03. The first kappa shape index (κ1) is 18.0. The predicted molar refractivity (Wildman–Crippen MR) is 81.1 cm³/mol. The Morgan fingerprint density at radius 1 is 1.00 bits per heavy atom. The first-order valence-electron chi connectivity index (χ1n) is 7.72. The highest BCUT2D eigenvalue weighted by Gasteiger charge is 2.22. The number of aliphatic hydroxyl groups is 1. The molecular formula is C15H32BNO. The van der Waals surface area contributed by atoms with Crippen molar-refractivity contribution in [2.45, 2.75) is 90.1 Å². The number of nitrogens with one attached hydrogen (secondary N) is 1. The zero-order chi connectivity index (χ0) is 13.9. The van der Waals surface area contributed by atoms with E-state index >= 15 is 0 Å². The molecule has 2 N–H and O–H groups in total. The molecule has 0 aliphatic rings. The van der Waals surface area contributed by atoms with E-state index in [2.05, 4.69) is 26.1 Å². The first-order valence-corrected chi connectivity index (χ1v) is 7.72. The molecule has 0 aromatic heterocycles. The number of aliphatic hydroxyl groups excluding tert-OH is 1. The normalized spacial score (nSPS) is 16.4. The number of β-amino-alcohol motifs (C(OH)–C–C–N with tert-alkyl or cyclic N) is 1. The van der Waals surface area contributed by atoms with E-state index < -0.39 is 6.00 Å². The highest BCUT2D eigenvalue weighted by atomic mass is 16.3. The zero-order valence-corrected chi connectivity index (χ0v) is 12.7. The second-order valence-corrected chi connectivity index (χ2v) is 5.78. The lowest BCUT2D eigenvalue weighted by atomic mass is 9.87. The molecule has 0 aliphatic heterocycles. The summed E-state index contributed by atoms with van der Waals surface area (Å²) in [5.41, 5.74) is 0.142. The number of unbranched alkanes of at least 4 members (excludes halogenated alkanes) is 5. The third-order valence-electron chi connectivity index (χ3n) is 3.65. The van der Waals surface area contributed by atoms with Gasteiger partial charge >= 0.3 is 0 Å². The van der Waals surface area contributed by atoms with Gasteiger partial charge in [0.25, 0.3) is 0 Å². The highest BCUT2D eigenvalue weighted by Crippen LogP contribution is 2.22. The van der Waals surface area contributed by atoms with Crippen molar-refractivity contribution in [3.05, 3.63) is 0 Å². The van der Waals surface area contributed by atoms with Crippen molar-refractivity contribution in [3.63, 3.8) is 0 Å². The molecule has 0 fully saturated rings. The molecule has 106 valence electrons. The Morgan fingerprint density at radius 2 is 1.50 bits per heavy atom. The van der Waals surface area contributed by atoms with Crippen LogP contribution in [0.3, 0.4) is 0 Å². The lowest BCUT2D eigenvalue weighted by Gasteiger charge is -2.32. The SMILES string of the molecule is [B]C(O)CNC(C)(CCCCC)CCCCCC. The number of hydrogen-bond acceptors (Lipinski definition) is 2. The van der Waals surface area contributed by atoms with Gasteiger partial charge in [0, 0.05) is 18.1 Å². The standard InChI is InChI=1S/C15H32BNO/c1-4-6-8-10-12-15(3,11-9-7-5-2)17-13-14(16)18/h14,17-18H,4-13H2,1-3H3. The molecule has 2 unspecified atom stereocenters. The van der Waals surface area contributed by atoms with Crippen LogP contribution in [0.1, 0.15) is 78.6 Å². The first-order chi connectivity index (χ1) is 8.54. The average Bonchev–Trinajstić information content (AvgIpc) is 2.33. The summed E-state index contributed by atoms with van der Waals surface area (Å²) < 4.78 is 0. The summed E-state index contributed by atoms with van der Waals surface area (Å²) in [6.07, 6.45) is 11.4. The molecule has 0 rings (SSSR count). The van der Waals surface area contributed by atoms with Gasteiger partial charge < -0.3 is 10.4 Å². The summed E-state index contributed by atoms with van der Waals surface area (Å²) >= 11 is 0. The van der Waals surface area contributed by atoms with Crippen molar-refractivity contribution in [1.29, 1.82) is 0 Å². The van der Waals surface area contributed by atoms with Crippen LogP contribution in [0.25, 0.3) is 0 Å². The minimum absolute atomic E-state index is 0.142. The number of rotatable bonds is 12. The van der Waals surface area contributed by atoms with Gasteiger partial charge in [-0.1, -0.05) is 58.8 Å². The molecule has 3 heteroatoms. The maximum atomic E-state index is 9.21. The third kappa shape index (κ3) is 9.96. The molecule has 0 amide bonds. The largest absolute Gasteiger partial charge is 0.402 e. The van der Waals surface area contributed by atoms with Crippen molar-refractivity contribution in [2.24, 2.45) is 0 Å². The van der Waals surface area contributed by atoms with Crippen LogP contribution in [-0.4, -0.2) is 31.0 Å². The minimum atomic E-state index is -0.744. The quantitative estimate of drug-likeness (QED) is 0.413. The van der Waals surface area contributed by atoms with Crippen molar-refractivity contribution in [3.8, 4) is 0 Å². The van der Waals surface area contributed by atoms with Crippen LogP contribution in [0.5, 0.6) is 0 Å². The number of hydrogen-bond donors (Lipinski definition) is 2. The third-order valence-corrected chi connectivity index (χ3v) is 3.65. The van der Waals surface area contributed by atoms with Gasteiger partial charge in [-0.2, -0.15) is 0 Å². The van der Waals surface area contributed by atoms with Crippen molar-refractivity contribution >= 4 is 7.85 Å². The van der Waals surface area contributed by atoms with Crippen LogP contribution in [0, 0.1) is 0 Å². The van der Waals surface area contributed by atoms with E-state index in [1.807, 2.05) is 0 Å². The molecule has 0 aromatic rings. The van der Waals surface area contributed by atoms with E-state index in [1.54, 1.807) is 0 Å². The van der Waals surface area contributed by atoms with Gasteiger partial charge in [0.2, 0.25) is 0 Å². The van der Waals surface area contributed by atoms with Gasteiger partial charge in [-0.25, -0.2) is 0 Å². The maximum absolute atomic E-state index is 9.21. The topological polar surface area (TPSA) is 32.3 Å². The second kappa shape index (κ2) is 10.9. The van der Waals surface area contributed by atoms with E-state index in [0.717, 1.165) is 0 Å². The highest BCUT2D eigenvalue weighted by molar-refractivity contribution is 6.10. The maximum Gasteiger partial charge on any atom is 0.110 e. The molecule has 0 heterocycles. The summed E-state index contributed by atoms with van der Waals surface area (Å²) in [7, 11) is 5.42. The van der Waals surface area contributed by atoms with Crippen LogP contribution < -0.4 is 5.32 Å². The molecule has 0 saturated carbocycles. The summed E-state index contributed by atoms with van der Waals surface area (Å²) in [6.45, 7) is 7.24. The molecule has 2 atom stereocenters. The molecule has 2 nitrogen and oxygen atoms in total. The van der Waals surface area contributed by atoms with E-state index in [0.29, 0.717) is 6.54 Å². The van der Waals surface area contributed by atoms with Crippen LogP contribution >= 0.6 is 0 Å². The minimum Gasteiger partial charge on any atom is -0.402 e. The van der Waals surface area contributed by atoms with Crippen LogP contribution in [0.4, 0.5) is 0 Å². The molecule has 2 radical (unpaired) electrons. The zero-order valence-electron chi connectivity index (χ0n) is 12.7. The Morgan fingerprint density at radius 3 is 2.00 bits per heavy atom. The lowest BCUT2D eigenvalue weighted by molar-refractivity contribution is 0.210. The summed E-state index contributed by atoms with van der Waals surface area (Å²) in [4.78, 5) is 0. The summed E-state index contributed by atoms with van der Waals surface area (Å²) in [5, 5.41) is 12.7. The summed E-state index contributed by atoms with van der Waals surface area (Å²) in [6, 6.07) is -0.744. The lowest BCUT2D eigenvalue weighted by Crippen LogP contribution is -2.46. The van der Waals surface area contributed by atoms with Crippen LogP contribution in [-0.2, 0) is 0 Å². The van der Waals surface area contributed by atoms with E-state index in [-0.39, 0.29) is 5.54 Å². The van der Waals surface area contributed by atoms with Gasteiger partial charge in [0.05, 0.1) is 0 Å². The van der Waals surface area contributed by atoms with Crippen molar-refractivity contribution < 1.29 is 5.11 Å². The Labute approximate surface area is 115 Å². The molecular weight excluding hydrogens is 221 g/mol. The second-order valence-electron chi connectivity index (χ2n) is 5.78. The fraction of sp³-hybridized carbons (Fsp3) is 1.00. The van der Waals surface area contributed by atoms with E-state index in [1.165, 1.54) is 57.8 Å². The smallest absolute Gasteiger partial charge is 0.110 e. The Bertz CT molecular complexity index is 187. The molecule has 0 aliphatic carbocycles. The molecule has 0 bridgehead atoms. The van der Waals surface area contributed by atoms with Crippen molar-refractivity contribution in [1.82, 2.24) is 5.32 Å². The molecule has 0 aromatic carbocycles. The average molecular weight is 253 g/mol. The van der Waals surface area contributed by atoms with E-state index in [9.17, 15) is 5.11 Å². The molecule has 18 heavy (non-hydrogen) atoms. The predicted octanol–water partition coefficient (Wildman–Crippen LogP) is 3.37. The van der Waals surface area contributed by atoms with Gasteiger partial charge in [-0.15, -0.1) is 0 Å².